The molecule has 0 bridgehead atoms. The lowest BCUT2D eigenvalue weighted by Gasteiger charge is -2.33. The highest BCUT2D eigenvalue weighted by molar-refractivity contribution is 4.78. The van der Waals surface area contributed by atoms with Crippen LogP contribution in [0.4, 0.5) is 0 Å². The van der Waals surface area contributed by atoms with Gasteiger partial charge in [0.15, 0.2) is 0 Å². The van der Waals surface area contributed by atoms with E-state index in [0.29, 0.717) is 0 Å². The van der Waals surface area contributed by atoms with Crippen LogP contribution in [0.1, 0.15) is 32.6 Å². The van der Waals surface area contributed by atoms with Gasteiger partial charge in [-0.1, -0.05) is 0 Å². The Morgan fingerprint density at radius 3 is 2.80 bits per heavy atom. The van der Waals surface area contributed by atoms with E-state index in [1.165, 1.54) is 19.3 Å². The minimum Gasteiger partial charge on any atom is -0.375 e. The molecule has 0 aromatic rings. The van der Waals surface area contributed by atoms with Gasteiger partial charge in [-0.15, -0.1) is 0 Å². The van der Waals surface area contributed by atoms with E-state index in [1.54, 1.807) is 0 Å². The van der Waals surface area contributed by atoms with E-state index in [0.717, 1.165) is 19.6 Å². The zero-order valence-electron chi connectivity index (χ0n) is 6.73. The predicted molar refractivity (Wildman–Crippen MR) is 41.9 cm³/mol. The molecular formula is C8H17NO. The summed E-state index contributed by atoms with van der Waals surface area (Å²) in [7, 11) is 0. The SMILES string of the molecule is CC1(CCN)CCCCO1. The van der Waals surface area contributed by atoms with Crippen LogP contribution in [0.25, 0.3) is 0 Å². The average Bonchev–Trinajstić information content (AvgIpc) is 1.89. The average molecular weight is 143 g/mol. The van der Waals surface area contributed by atoms with Gasteiger partial charge in [0.05, 0.1) is 5.60 Å². The van der Waals surface area contributed by atoms with Crippen molar-refractivity contribution in [1.29, 1.82) is 0 Å². The van der Waals surface area contributed by atoms with Crippen molar-refractivity contribution in [2.45, 2.75) is 38.2 Å². The lowest BCUT2D eigenvalue weighted by molar-refractivity contribution is -0.0683. The van der Waals surface area contributed by atoms with Crippen LogP contribution in [-0.2, 0) is 4.74 Å². The Balaban J connectivity index is 2.32. The maximum absolute atomic E-state index is 5.63. The number of ether oxygens (including phenoxy) is 1. The fraction of sp³-hybridized carbons (Fsp3) is 1.00. The lowest BCUT2D eigenvalue weighted by Crippen LogP contribution is -2.34. The molecule has 1 fully saturated rings. The molecule has 0 amide bonds. The predicted octanol–water partition coefficient (Wildman–Crippen LogP) is 1.29. The van der Waals surface area contributed by atoms with Crippen molar-refractivity contribution < 1.29 is 4.74 Å². The van der Waals surface area contributed by atoms with Crippen molar-refractivity contribution in [2.75, 3.05) is 13.2 Å². The highest BCUT2D eigenvalue weighted by atomic mass is 16.5. The monoisotopic (exact) mass is 143 g/mol. The summed E-state index contributed by atoms with van der Waals surface area (Å²) in [5, 5.41) is 0. The van der Waals surface area contributed by atoms with Gasteiger partial charge in [-0.2, -0.15) is 0 Å². The van der Waals surface area contributed by atoms with Crippen molar-refractivity contribution in [2.24, 2.45) is 5.73 Å². The molecule has 2 heteroatoms. The molecule has 1 unspecified atom stereocenters. The molecule has 1 rings (SSSR count). The van der Waals surface area contributed by atoms with Gasteiger partial charge in [0.2, 0.25) is 0 Å². The minimum atomic E-state index is 0.104. The summed E-state index contributed by atoms with van der Waals surface area (Å²) in [5.74, 6) is 0. The Kier molecular flexibility index (Phi) is 2.69. The minimum absolute atomic E-state index is 0.104. The fourth-order valence-corrected chi connectivity index (χ4v) is 1.49. The number of hydrogen-bond acceptors (Lipinski definition) is 2. The molecule has 2 N–H and O–H groups in total. The molecule has 0 spiro atoms. The van der Waals surface area contributed by atoms with Gasteiger partial charge in [0.25, 0.3) is 0 Å². The molecule has 0 aliphatic carbocycles. The van der Waals surface area contributed by atoms with Gasteiger partial charge in [-0.05, 0) is 39.2 Å². The Bertz CT molecular complexity index is 91.9. The summed E-state index contributed by atoms with van der Waals surface area (Å²) in [6.45, 7) is 3.84. The largest absolute Gasteiger partial charge is 0.375 e. The maximum Gasteiger partial charge on any atom is 0.0666 e. The number of rotatable bonds is 2. The molecule has 10 heavy (non-hydrogen) atoms. The van der Waals surface area contributed by atoms with Crippen LogP contribution in [0.5, 0.6) is 0 Å². The lowest BCUT2D eigenvalue weighted by atomic mass is 9.93. The Hall–Kier alpha value is -0.0800. The Labute approximate surface area is 62.7 Å². The number of hydrogen-bond donors (Lipinski definition) is 1. The van der Waals surface area contributed by atoms with Crippen LogP contribution in [0.15, 0.2) is 0 Å². The first-order valence-electron chi connectivity index (χ1n) is 4.11. The fourth-order valence-electron chi connectivity index (χ4n) is 1.49. The van der Waals surface area contributed by atoms with E-state index in [4.69, 9.17) is 10.5 Å². The van der Waals surface area contributed by atoms with Crippen LogP contribution < -0.4 is 5.73 Å². The number of nitrogens with two attached hydrogens (primary N) is 1. The third-order valence-corrected chi connectivity index (χ3v) is 2.22. The van der Waals surface area contributed by atoms with Crippen molar-refractivity contribution in [1.82, 2.24) is 0 Å². The molecule has 1 aliphatic heterocycles. The zero-order valence-corrected chi connectivity index (χ0v) is 6.73. The smallest absolute Gasteiger partial charge is 0.0666 e. The highest BCUT2D eigenvalue weighted by Crippen LogP contribution is 2.26. The van der Waals surface area contributed by atoms with Gasteiger partial charge >= 0.3 is 0 Å². The van der Waals surface area contributed by atoms with Crippen LogP contribution in [0, 0.1) is 0 Å². The van der Waals surface area contributed by atoms with Gasteiger partial charge in [-0.25, -0.2) is 0 Å². The van der Waals surface area contributed by atoms with Gasteiger partial charge in [-0.3, -0.25) is 0 Å². The van der Waals surface area contributed by atoms with Crippen LogP contribution in [0.2, 0.25) is 0 Å². The van der Waals surface area contributed by atoms with Crippen molar-refractivity contribution in [3.8, 4) is 0 Å². The van der Waals surface area contributed by atoms with E-state index >= 15 is 0 Å². The molecule has 1 heterocycles. The second-order valence-electron chi connectivity index (χ2n) is 3.29. The Morgan fingerprint density at radius 1 is 1.50 bits per heavy atom. The third-order valence-electron chi connectivity index (χ3n) is 2.22. The van der Waals surface area contributed by atoms with Crippen LogP contribution >= 0.6 is 0 Å². The first kappa shape index (κ1) is 8.02. The summed E-state index contributed by atoms with van der Waals surface area (Å²) in [6, 6.07) is 0. The summed E-state index contributed by atoms with van der Waals surface area (Å²) >= 11 is 0. The van der Waals surface area contributed by atoms with E-state index in [1.807, 2.05) is 0 Å². The van der Waals surface area contributed by atoms with E-state index in [2.05, 4.69) is 6.92 Å². The third kappa shape index (κ3) is 1.96. The summed E-state index contributed by atoms with van der Waals surface area (Å²) < 4.78 is 5.63. The Morgan fingerprint density at radius 2 is 2.30 bits per heavy atom. The van der Waals surface area contributed by atoms with Crippen molar-refractivity contribution in [3.05, 3.63) is 0 Å². The quantitative estimate of drug-likeness (QED) is 0.632. The molecule has 0 aromatic carbocycles. The zero-order chi connectivity index (χ0) is 7.45. The second kappa shape index (κ2) is 3.35. The molecule has 0 saturated carbocycles. The van der Waals surface area contributed by atoms with E-state index < -0.39 is 0 Å². The standard InChI is InChI=1S/C8H17NO/c1-8(5-6-9)4-2-3-7-10-8/h2-7,9H2,1H3. The molecular weight excluding hydrogens is 126 g/mol. The molecule has 1 atom stereocenters. The molecule has 1 saturated heterocycles. The van der Waals surface area contributed by atoms with Crippen LogP contribution in [0.3, 0.4) is 0 Å². The highest BCUT2D eigenvalue weighted by Gasteiger charge is 2.26. The van der Waals surface area contributed by atoms with E-state index in [-0.39, 0.29) is 5.60 Å². The first-order valence-corrected chi connectivity index (χ1v) is 4.11. The first-order chi connectivity index (χ1) is 4.77. The van der Waals surface area contributed by atoms with Gasteiger partial charge < -0.3 is 10.5 Å². The van der Waals surface area contributed by atoms with Gasteiger partial charge in [0.1, 0.15) is 0 Å². The second-order valence-corrected chi connectivity index (χ2v) is 3.29. The van der Waals surface area contributed by atoms with Gasteiger partial charge in [0, 0.05) is 6.61 Å². The topological polar surface area (TPSA) is 35.2 Å². The van der Waals surface area contributed by atoms with Crippen molar-refractivity contribution >= 4 is 0 Å². The van der Waals surface area contributed by atoms with Crippen LogP contribution in [-0.4, -0.2) is 18.8 Å². The summed E-state index contributed by atoms with van der Waals surface area (Å²) in [5.41, 5.74) is 5.57. The molecule has 0 aromatic heterocycles. The normalized spacial score (nSPS) is 34.2. The maximum atomic E-state index is 5.63. The van der Waals surface area contributed by atoms with E-state index in [9.17, 15) is 0 Å². The van der Waals surface area contributed by atoms with Crippen molar-refractivity contribution in [3.63, 3.8) is 0 Å². The molecule has 1 aliphatic rings. The summed E-state index contributed by atoms with van der Waals surface area (Å²) in [6.07, 6.45) is 4.72. The molecule has 0 radical (unpaired) electrons. The molecule has 2 nitrogen and oxygen atoms in total. The molecule has 60 valence electrons. The summed E-state index contributed by atoms with van der Waals surface area (Å²) in [4.78, 5) is 0.